The Hall–Kier alpha value is 1.46. The molecular formula is C26H49I2-. The summed E-state index contributed by atoms with van der Waals surface area (Å²) in [6.07, 6.45) is 24.1. The van der Waals surface area contributed by atoms with Crippen molar-refractivity contribution >= 4 is 18.6 Å². The maximum atomic E-state index is 2.77. The van der Waals surface area contributed by atoms with Crippen LogP contribution in [-0.4, -0.2) is 3.42 Å². The van der Waals surface area contributed by atoms with Gasteiger partial charge in [0.2, 0.25) is 0 Å². The zero-order chi connectivity index (χ0) is 20.4. The first-order valence-electron chi connectivity index (χ1n) is 12.8. The van der Waals surface area contributed by atoms with Crippen molar-refractivity contribution in [3.8, 4) is 0 Å². The molecule has 0 nitrogen and oxygen atoms in total. The molecule has 6 unspecified atom stereocenters. The van der Waals surface area contributed by atoms with Crippen molar-refractivity contribution in [2.75, 3.05) is 0 Å². The molecule has 0 aliphatic heterocycles. The maximum absolute atomic E-state index is 2.77. The van der Waals surface area contributed by atoms with Gasteiger partial charge in [0.1, 0.15) is 0 Å². The summed E-state index contributed by atoms with van der Waals surface area (Å²) in [5.41, 5.74) is 0. The van der Waals surface area contributed by atoms with E-state index in [-0.39, 0.29) is 0 Å². The van der Waals surface area contributed by atoms with E-state index in [1.807, 2.05) is 0 Å². The predicted octanol–water partition coefficient (Wildman–Crippen LogP) is 6.59. The van der Waals surface area contributed by atoms with E-state index in [2.05, 4.69) is 46.3 Å². The van der Waals surface area contributed by atoms with E-state index in [0.717, 1.165) is 33.0 Å². The van der Waals surface area contributed by atoms with Crippen LogP contribution in [0.4, 0.5) is 0 Å². The third-order valence-corrected chi connectivity index (χ3v) is 17.0. The molecule has 168 valence electrons. The van der Waals surface area contributed by atoms with Gasteiger partial charge in [-0.15, -0.1) is 0 Å². The Kier molecular flexibility index (Phi) is 12.7. The van der Waals surface area contributed by atoms with Gasteiger partial charge >= 0.3 is 180 Å². The molecule has 0 N–H and O–H groups in total. The van der Waals surface area contributed by atoms with E-state index in [1.165, 1.54) is 77.0 Å². The van der Waals surface area contributed by atoms with Gasteiger partial charge in [0.05, 0.1) is 0 Å². The Labute approximate surface area is 198 Å². The monoisotopic (exact) mass is 615 g/mol. The van der Waals surface area contributed by atoms with Crippen molar-refractivity contribution in [3.05, 3.63) is 0 Å². The van der Waals surface area contributed by atoms with E-state index >= 15 is 0 Å². The van der Waals surface area contributed by atoms with Crippen molar-refractivity contribution in [1.82, 2.24) is 0 Å². The van der Waals surface area contributed by atoms with E-state index < -0.39 is 0 Å². The van der Waals surface area contributed by atoms with Crippen LogP contribution in [0.1, 0.15) is 130 Å². The Balaban J connectivity index is 1.68. The first kappa shape index (κ1) is 25.7. The zero-order valence-electron chi connectivity index (χ0n) is 19.5. The number of hydrogen-bond donors (Lipinski definition) is 0. The molecule has 0 amide bonds. The molecule has 0 radical (unpaired) electrons. The summed E-state index contributed by atoms with van der Waals surface area (Å²) in [5, 5.41) is 0. The minimum absolute atomic E-state index is 0.356. The van der Waals surface area contributed by atoms with Gasteiger partial charge in [-0.2, -0.15) is 0 Å². The van der Waals surface area contributed by atoms with Crippen LogP contribution in [0.2, 0.25) is 0 Å². The van der Waals surface area contributed by atoms with Crippen LogP contribution >= 0.6 is 18.6 Å². The van der Waals surface area contributed by atoms with E-state index in [9.17, 15) is 0 Å². The number of alkyl halides is 1. The summed E-state index contributed by atoms with van der Waals surface area (Å²) >= 11 is 3.13. The van der Waals surface area contributed by atoms with Gasteiger partial charge in [-0.1, -0.05) is 19.8 Å². The Bertz CT molecular complexity index is 409. The molecule has 0 saturated heterocycles. The summed E-state index contributed by atoms with van der Waals surface area (Å²) in [6.45, 7) is 9.94. The fourth-order valence-electron chi connectivity index (χ4n) is 6.19. The second-order valence-electron chi connectivity index (χ2n) is 10.8. The van der Waals surface area contributed by atoms with Crippen LogP contribution in [0.25, 0.3) is 0 Å². The molecule has 2 aliphatic rings. The fraction of sp³-hybridized carbons (Fsp3) is 1.00. The predicted molar refractivity (Wildman–Crippen MR) is 131 cm³/mol. The molecule has 0 aromatic rings. The van der Waals surface area contributed by atoms with E-state index in [1.54, 1.807) is 25.7 Å². The molecule has 0 aromatic carbocycles. The Morgan fingerprint density at radius 2 is 1.46 bits per heavy atom. The second-order valence-corrected chi connectivity index (χ2v) is 16.4. The molecule has 6 atom stereocenters. The van der Waals surface area contributed by atoms with E-state index in [0.29, 0.717) is 17.2 Å². The Morgan fingerprint density at radius 1 is 0.821 bits per heavy atom. The average molecular weight is 615 g/mol. The third kappa shape index (κ3) is 8.54. The van der Waals surface area contributed by atoms with Gasteiger partial charge in [0.15, 0.2) is 0 Å². The van der Waals surface area contributed by atoms with E-state index in [4.69, 9.17) is 0 Å². The summed E-state index contributed by atoms with van der Waals surface area (Å²) in [5.74, 6) is 5.17. The topological polar surface area (TPSA) is 0 Å². The van der Waals surface area contributed by atoms with Gasteiger partial charge in [-0.3, -0.25) is 0 Å². The van der Waals surface area contributed by atoms with Crippen molar-refractivity contribution < 1.29 is 17.2 Å². The second kappa shape index (κ2) is 13.8. The molecule has 2 fully saturated rings. The van der Waals surface area contributed by atoms with Crippen LogP contribution in [0.15, 0.2) is 0 Å². The summed E-state index contributed by atoms with van der Waals surface area (Å²) in [7, 11) is 0. The quantitative estimate of drug-likeness (QED) is 0.107. The van der Waals surface area contributed by atoms with Gasteiger partial charge < -0.3 is 0 Å². The van der Waals surface area contributed by atoms with Crippen LogP contribution in [-0.2, 0) is 0 Å². The van der Waals surface area contributed by atoms with Crippen molar-refractivity contribution in [2.24, 2.45) is 29.6 Å². The molecule has 2 heteroatoms. The third-order valence-electron chi connectivity index (χ3n) is 8.35. The molecule has 2 aliphatic carbocycles. The summed E-state index contributed by atoms with van der Waals surface area (Å²) in [4.78, 5) is 0. The van der Waals surface area contributed by atoms with Crippen molar-refractivity contribution in [1.29, 1.82) is 0 Å². The normalized spacial score (nSPS) is 37.1. The number of hydrogen-bond acceptors (Lipinski definition) is 0. The van der Waals surface area contributed by atoms with Crippen LogP contribution in [0, 0.1) is 29.6 Å². The molecule has 2 saturated carbocycles. The number of unbranched alkanes of at least 4 members (excludes halogenated alkanes) is 3. The number of halogens is 2. The molecule has 0 spiro atoms. The average Bonchev–Trinajstić information content (AvgIpc) is 2.90. The summed E-state index contributed by atoms with van der Waals surface area (Å²) in [6, 6.07) is 0. The number of rotatable bonds is 11. The minimum atomic E-state index is 0.356. The first-order valence-corrected chi connectivity index (χ1v) is 20.1. The Morgan fingerprint density at radius 3 is 2.07 bits per heavy atom. The van der Waals surface area contributed by atoms with Crippen molar-refractivity contribution in [2.45, 2.75) is 134 Å². The molecule has 28 heavy (non-hydrogen) atoms. The molecule has 0 aromatic heterocycles. The standard InChI is InChI=1S/C26H49I2/c1-5-7-11-23-14-15-24(20-22(6-2)19-23)12-9-8-10-13-25-18-21(3)16-17-26(25,4)28-27/h21-25H,5-20H2,1-4H3/q-1. The van der Waals surface area contributed by atoms with Gasteiger partial charge in [-0.05, 0) is 0 Å². The van der Waals surface area contributed by atoms with Gasteiger partial charge in [-0.25, -0.2) is 0 Å². The molecule has 2 rings (SSSR count). The summed E-state index contributed by atoms with van der Waals surface area (Å²) < 4.78 is 0.745. The van der Waals surface area contributed by atoms with Crippen LogP contribution in [0.3, 0.4) is 0 Å². The zero-order valence-corrected chi connectivity index (χ0v) is 23.8. The fourth-order valence-corrected chi connectivity index (χ4v) is 11.2. The molecular weight excluding hydrogens is 566 g/mol. The van der Waals surface area contributed by atoms with Gasteiger partial charge in [0.25, 0.3) is 0 Å². The van der Waals surface area contributed by atoms with Crippen LogP contribution in [0.5, 0.6) is 0 Å². The van der Waals surface area contributed by atoms with Gasteiger partial charge in [0, 0.05) is 0 Å². The van der Waals surface area contributed by atoms with Crippen LogP contribution < -0.4 is 17.2 Å². The SMILES string of the molecule is CCCCC1CCC(CCCCCC2CC(C)CCC2(C)[I-]I)CC(CC)C1. The van der Waals surface area contributed by atoms with Crippen molar-refractivity contribution in [3.63, 3.8) is 0 Å². The molecule has 0 bridgehead atoms. The first-order chi connectivity index (χ1) is 13.5. The molecule has 0 heterocycles.